The van der Waals surface area contributed by atoms with Gasteiger partial charge in [0.2, 0.25) is 0 Å². The van der Waals surface area contributed by atoms with Gasteiger partial charge >= 0.3 is 6.18 Å². The minimum Gasteiger partial charge on any atom is -0.359 e. The first-order valence-electron chi connectivity index (χ1n) is 4.26. The highest BCUT2D eigenvalue weighted by Gasteiger charge is 2.32. The molecule has 15 heavy (non-hydrogen) atoms. The zero-order valence-corrected chi connectivity index (χ0v) is 9.64. The lowest BCUT2D eigenvalue weighted by atomic mass is 10.3. The van der Waals surface area contributed by atoms with Crippen molar-refractivity contribution in [3.05, 3.63) is 23.9 Å². The first kappa shape index (κ1) is 12.3. The van der Waals surface area contributed by atoms with E-state index in [9.17, 15) is 13.2 Å². The Kier molecular flexibility index (Phi) is 3.96. The topological polar surface area (TPSA) is 16.1 Å². The molecule has 2 nitrogen and oxygen atoms in total. The normalized spacial score (nSPS) is 11.5. The first-order valence-corrected chi connectivity index (χ1v) is 5.38. The molecule has 0 saturated carbocycles. The van der Waals surface area contributed by atoms with Gasteiger partial charge in [0.1, 0.15) is 11.5 Å². The summed E-state index contributed by atoms with van der Waals surface area (Å²) in [5.41, 5.74) is -0.860. The van der Waals surface area contributed by atoms with Crippen molar-refractivity contribution in [2.45, 2.75) is 6.18 Å². The van der Waals surface area contributed by atoms with Gasteiger partial charge in [-0.05, 0) is 12.1 Å². The van der Waals surface area contributed by atoms with Gasteiger partial charge in [-0.15, -0.1) is 0 Å². The van der Waals surface area contributed by atoms with Gasteiger partial charge in [0, 0.05) is 18.9 Å². The molecule has 0 atom stereocenters. The van der Waals surface area contributed by atoms with Crippen LogP contribution in [0.1, 0.15) is 5.69 Å². The Morgan fingerprint density at radius 1 is 1.40 bits per heavy atom. The molecule has 0 spiro atoms. The molecule has 0 aliphatic rings. The lowest BCUT2D eigenvalue weighted by Gasteiger charge is -2.17. The van der Waals surface area contributed by atoms with E-state index in [0.717, 1.165) is 6.07 Å². The second-order valence-electron chi connectivity index (χ2n) is 2.99. The number of hydrogen-bond donors (Lipinski definition) is 0. The fourth-order valence-corrected chi connectivity index (χ4v) is 1.57. The molecule has 0 aromatic carbocycles. The molecule has 0 saturated heterocycles. The van der Waals surface area contributed by atoms with E-state index in [4.69, 9.17) is 0 Å². The predicted octanol–water partition coefficient (Wildman–Crippen LogP) is 2.93. The Labute approximate surface area is 94.2 Å². The van der Waals surface area contributed by atoms with Crippen molar-refractivity contribution in [3.63, 3.8) is 0 Å². The standard InChI is InChI=1S/C9H10BrF3N2/c1-15(6-5-10)8-4-2-3-7(14-8)9(11,12)13/h2-4H,5-6H2,1H3. The summed E-state index contributed by atoms with van der Waals surface area (Å²) in [5.74, 6) is 0.323. The van der Waals surface area contributed by atoms with Crippen molar-refractivity contribution >= 4 is 21.7 Å². The van der Waals surface area contributed by atoms with Gasteiger partial charge in [-0.25, -0.2) is 4.98 Å². The van der Waals surface area contributed by atoms with Crippen molar-refractivity contribution in [3.8, 4) is 0 Å². The Morgan fingerprint density at radius 2 is 2.07 bits per heavy atom. The van der Waals surface area contributed by atoms with Crippen LogP contribution in [0.3, 0.4) is 0 Å². The minimum atomic E-state index is -4.38. The maximum atomic E-state index is 12.3. The molecule has 0 aliphatic heterocycles. The van der Waals surface area contributed by atoms with E-state index in [1.54, 1.807) is 18.0 Å². The Bertz CT molecular complexity index is 327. The van der Waals surface area contributed by atoms with E-state index in [1.165, 1.54) is 6.07 Å². The van der Waals surface area contributed by atoms with Crippen LogP contribution in [0.4, 0.5) is 19.0 Å². The second kappa shape index (κ2) is 4.83. The summed E-state index contributed by atoms with van der Waals surface area (Å²) in [6.45, 7) is 0.605. The molecule has 1 rings (SSSR count). The zero-order chi connectivity index (χ0) is 11.5. The molecule has 1 aromatic rings. The van der Waals surface area contributed by atoms with E-state index < -0.39 is 11.9 Å². The fourth-order valence-electron chi connectivity index (χ4n) is 1.04. The van der Waals surface area contributed by atoms with Gasteiger partial charge in [0.05, 0.1) is 0 Å². The molecule has 6 heteroatoms. The first-order chi connectivity index (χ1) is 6.95. The van der Waals surface area contributed by atoms with Crippen LogP contribution >= 0.6 is 15.9 Å². The van der Waals surface area contributed by atoms with Gasteiger partial charge in [-0.3, -0.25) is 0 Å². The molecule has 0 unspecified atom stereocenters. The van der Waals surface area contributed by atoms with Gasteiger partial charge in [0.25, 0.3) is 0 Å². The van der Waals surface area contributed by atoms with Crippen LogP contribution in [0.5, 0.6) is 0 Å². The van der Waals surface area contributed by atoms with Gasteiger partial charge < -0.3 is 4.90 Å². The third-order valence-corrected chi connectivity index (χ3v) is 2.19. The average molecular weight is 283 g/mol. The summed E-state index contributed by atoms with van der Waals surface area (Å²) in [6.07, 6.45) is -4.38. The van der Waals surface area contributed by atoms with Crippen molar-refractivity contribution in [2.24, 2.45) is 0 Å². The number of alkyl halides is 4. The molecule has 1 aromatic heterocycles. The lowest BCUT2D eigenvalue weighted by Crippen LogP contribution is -2.21. The summed E-state index contributed by atoms with van der Waals surface area (Å²) in [6, 6.07) is 3.87. The maximum absolute atomic E-state index is 12.3. The van der Waals surface area contributed by atoms with Gasteiger partial charge in [-0.1, -0.05) is 22.0 Å². The Hall–Kier alpha value is -0.780. The SMILES string of the molecule is CN(CCBr)c1cccc(C(F)(F)F)n1. The monoisotopic (exact) mass is 282 g/mol. The zero-order valence-electron chi connectivity index (χ0n) is 8.05. The third-order valence-electron chi connectivity index (χ3n) is 1.84. The molecule has 0 radical (unpaired) electrons. The smallest absolute Gasteiger partial charge is 0.359 e. The highest BCUT2D eigenvalue weighted by molar-refractivity contribution is 9.09. The summed E-state index contributed by atoms with van der Waals surface area (Å²) in [5, 5.41) is 0.682. The molecular formula is C9H10BrF3N2. The van der Waals surface area contributed by atoms with Crippen LogP contribution in [-0.2, 0) is 6.18 Å². The molecule has 0 bridgehead atoms. The molecular weight excluding hydrogens is 273 g/mol. The maximum Gasteiger partial charge on any atom is 0.433 e. The third kappa shape index (κ3) is 3.37. The number of nitrogens with zero attached hydrogens (tertiary/aromatic N) is 2. The van der Waals surface area contributed by atoms with Crippen LogP contribution in [0.25, 0.3) is 0 Å². The second-order valence-corrected chi connectivity index (χ2v) is 3.78. The number of rotatable bonds is 3. The summed E-state index contributed by atoms with van der Waals surface area (Å²) in [4.78, 5) is 5.20. The van der Waals surface area contributed by atoms with Crippen molar-refractivity contribution in [1.29, 1.82) is 0 Å². The molecule has 0 aliphatic carbocycles. The highest BCUT2D eigenvalue weighted by Crippen LogP contribution is 2.28. The van der Waals surface area contributed by atoms with Crippen molar-refractivity contribution < 1.29 is 13.2 Å². The van der Waals surface area contributed by atoms with E-state index in [1.807, 2.05) is 0 Å². The van der Waals surface area contributed by atoms with Crippen LogP contribution in [0, 0.1) is 0 Å². The molecule has 1 heterocycles. The summed E-state index contributed by atoms with van der Waals surface area (Å²) in [7, 11) is 1.70. The largest absolute Gasteiger partial charge is 0.433 e. The van der Waals surface area contributed by atoms with Crippen molar-refractivity contribution in [1.82, 2.24) is 4.98 Å². The predicted molar refractivity (Wildman–Crippen MR) is 56.3 cm³/mol. The van der Waals surface area contributed by atoms with E-state index in [2.05, 4.69) is 20.9 Å². The number of aromatic nitrogens is 1. The molecule has 0 amide bonds. The lowest BCUT2D eigenvalue weighted by molar-refractivity contribution is -0.141. The van der Waals surface area contributed by atoms with Crippen LogP contribution in [0.15, 0.2) is 18.2 Å². The number of halogens is 4. The van der Waals surface area contributed by atoms with Crippen LogP contribution < -0.4 is 4.90 Å². The Morgan fingerprint density at radius 3 is 2.60 bits per heavy atom. The molecule has 84 valence electrons. The van der Waals surface area contributed by atoms with Gasteiger partial charge in [-0.2, -0.15) is 13.2 Å². The molecule has 0 fully saturated rings. The minimum absolute atomic E-state index is 0.323. The fraction of sp³-hybridized carbons (Fsp3) is 0.444. The summed E-state index contributed by atoms with van der Waals surface area (Å²) < 4.78 is 37.0. The van der Waals surface area contributed by atoms with E-state index in [-0.39, 0.29) is 0 Å². The van der Waals surface area contributed by atoms with Crippen LogP contribution in [-0.4, -0.2) is 23.9 Å². The van der Waals surface area contributed by atoms with Gasteiger partial charge in [0.15, 0.2) is 0 Å². The van der Waals surface area contributed by atoms with E-state index in [0.29, 0.717) is 17.7 Å². The number of hydrogen-bond acceptors (Lipinski definition) is 2. The number of pyridine rings is 1. The molecule has 0 N–H and O–H groups in total. The van der Waals surface area contributed by atoms with Crippen LogP contribution in [0.2, 0.25) is 0 Å². The van der Waals surface area contributed by atoms with Crippen molar-refractivity contribution in [2.75, 3.05) is 23.8 Å². The Balaban J connectivity index is 2.92. The average Bonchev–Trinajstić information content (AvgIpc) is 2.17. The quantitative estimate of drug-likeness (QED) is 0.793. The summed E-state index contributed by atoms with van der Waals surface area (Å²) >= 11 is 3.21. The highest BCUT2D eigenvalue weighted by atomic mass is 79.9. The number of anilines is 1. The van der Waals surface area contributed by atoms with E-state index >= 15 is 0 Å².